The molecule has 0 bridgehead atoms. The van der Waals surface area contributed by atoms with Crippen molar-refractivity contribution < 1.29 is 4.79 Å². The van der Waals surface area contributed by atoms with Crippen molar-refractivity contribution in [3.8, 4) is 0 Å². The van der Waals surface area contributed by atoms with E-state index < -0.39 is 0 Å². The van der Waals surface area contributed by atoms with E-state index in [2.05, 4.69) is 10.3 Å². The van der Waals surface area contributed by atoms with E-state index in [-0.39, 0.29) is 11.4 Å². The zero-order valence-electron chi connectivity index (χ0n) is 11.7. The number of carbonyl (C=O) groups is 1. The van der Waals surface area contributed by atoms with Crippen molar-refractivity contribution >= 4 is 44.7 Å². The van der Waals surface area contributed by atoms with Gasteiger partial charge in [0.25, 0.3) is 0 Å². The number of amides is 1. The van der Waals surface area contributed by atoms with Gasteiger partial charge in [0.2, 0.25) is 5.91 Å². The molecule has 0 unspecified atom stereocenters. The number of fused-ring (bicyclic) bond motifs is 1. The van der Waals surface area contributed by atoms with E-state index in [0.717, 1.165) is 35.9 Å². The number of hydrogen-bond acceptors (Lipinski definition) is 4. The number of aromatic nitrogens is 1. The van der Waals surface area contributed by atoms with E-state index in [0.29, 0.717) is 17.1 Å². The molecule has 0 aliphatic heterocycles. The monoisotopic (exact) mass is 323 g/mol. The topological polar surface area (TPSA) is 68.0 Å². The van der Waals surface area contributed by atoms with Gasteiger partial charge in [0, 0.05) is 12.0 Å². The Morgan fingerprint density at radius 3 is 2.90 bits per heavy atom. The Morgan fingerprint density at radius 2 is 2.14 bits per heavy atom. The first kappa shape index (κ1) is 14.8. The van der Waals surface area contributed by atoms with E-state index in [1.165, 1.54) is 17.8 Å². The predicted molar refractivity (Wildman–Crippen MR) is 87.9 cm³/mol. The summed E-state index contributed by atoms with van der Waals surface area (Å²) in [6.45, 7) is 0. The molecular formula is C15H18ClN3OS. The summed E-state index contributed by atoms with van der Waals surface area (Å²) in [6, 6.07) is 3.70. The first-order chi connectivity index (χ1) is 10.1. The molecule has 1 saturated carbocycles. The molecule has 0 atom stereocenters. The molecule has 0 radical (unpaired) electrons. The lowest BCUT2D eigenvalue weighted by Gasteiger charge is -2.32. The molecule has 1 fully saturated rings. The maximum absolute atomic E-state index is 12.3. The van der Waals surface area contributed by atoms with Crippen molar-refractivity contribution in [2.75, 3.05) is 5.32 Å². The quantitative estimate of drug-likeness (QED) is 0.899. The van der Waals surface area contributed by atoms with Crippen LogP contribution in [0.1, 0.15) is 38.5 Å². The summed E-state index contributed by atoms with van der Waals surface area (Å²) in [4.78, 5) is 16.6. The average Bonchev–Trinajstić information content (AvgIpc) is 2.91. The lowest BCUT2D eigenvalue weighted by atomic mass is 9.80. The van der Waals surface area contributed by atoms with Crippen molar-refractivity contribution in [1.82, 2.24) is 4.98 Å². The van der Waals surface area contributed by atoms with Gasteiger partial charge in [-0.25, -0.2) is 4.98 Å². The number of carbonyl (C=O) groups excluding carboxylic acids is 1. The lowest BCUT2D eigenvalue weighted by Crippen LogP contribution is -2.44. The Kier molecular flexibility index (Phi) is 4.15. The third kappa shape index (κ3) is 3.20. The number of hydrogen-bond donors (Lipinski definition) is 2. The van der Waals surface area contributed by atoms with Crippen LogP contribution in [0.5, 0.6) is 0 Å². The van der Waals surface area contributed by atoms with E-state index >= 15 is 0 Å². The molecule has 3 N–H and O–H groups in total. The van der Waals surface area contributed by atoms with Gasteiger partial charge >= 0.3 is 0 Å². The van der Waals surface area contributed by atoms with Gasteiger partial charge in [0.1, 0.15) is 5.52 Å². The van der Waals surface area contributed by atoms with Crippen LogP contribution in [0.4, 0.5) is 5.69 Å². The minimum atomic E-state index is -0.370. The molecule has 1 aromatic carbocycles. The average molecular weight is 324 g/mol. The minimum absolute atomic E-state index is 0.0817. The molecule has 3 rings (SSSR count). The van der Waals surface area contributed by atoms with E-state index in [9.17, 15) is 4.79 Å². The standard InChI is InChI=1S/C15H18ClN3OS/c16-10-4-5-11-14(18-9-21-11)13(10)19-12(20)8-15(17)6-2-1-3-7-15/h4-5,9H,1-3,6-8,17H2,(H,19,20). The van der Waals surface area contributed by atoms with Crippen LogP contribution in [0.15, 0.2) is 17.6 Å². The molecule has 1 aliphatic rings. The Morgan fingerprint density at radius 1 is 1.38 bits per heavy atom. The van der Waals surface area contributed by atoms with Gasteiger partial charge in [-0.3, -0.25) is 4.79 Å². The highest BCUT2D eigenvalue weighted by molar-refractivity contribution is 7.16. The second-order valence-electron chi connectivity index (χ2n) is 5.77. The SMILES string of the molecule is NC1(CC(=O)Nc2c(Cl)ccc3scnc23)CCCCC1. The molecule has 1 aromatic heterocycles. The molecule has 1 heterocycles. The van der Waals surface area contributed by atoms with Crippen LogP contribution >= 0.6 is 22.9 Å². The predicted octanol–water partition coefficient (Wildman–Crippen LogP) is 3.94. The number of rotatable bonds is 3. The van der Waals surface area contributed by atoms with Crippen molar-refractivity contribution in [2.24, 2.45) is 5.73 Å². The number of benzene rings is 1. The molecule has 112 valence electrons. The summed E-state index contributed by atoms with van der Waals surface area (Å²) in [7, 11) is 0. The van der Waals surface area contributed by atoms with Crippen LogP contribution in [0, 0.1) is 0 Å². The second kappa shape index (κ2) is 5.91. The van der Waals surface area contributed by atoms with Crippen molar-refractivity contribution in [3.63, 3.8) is 0 Å². The highest BCUT2D eigenvalue weighted by Gasteiger charge is 2.30. The number of nitrogens with zero attached hydrogens (tertiary/aromatic N) is 1. The van der Waals surface area contributed by atoms with Crippen molar-refractivity contribution in [3.05, 3.63) is 22.7 Å². The first-order valence-corrected chi connectivity index (χ1v) is 8.44. The number of nitrogens with two attached hydrogens (primary N) is 1. The maximum Gasteiger partial charge on any atom is 0.226 e. The molecular weight excluding hydrogens is 306 g/mol. The minimum Gasteiger partial charge on any atom is -0.325 e. The lowest BCUT2D eigenvalue weighted by molar-refractivity contribution is -0.117. The van der Waals surface area contributed by atoms with Crippen LogP contribution in [-0.4, -0.2) is 16.4 Å². The van der Waals surface area contributed by atoms with Crippen molar-refractivity contribution in [2.45, 2.75) is 44.1 Å². The smallest absolute Gasteiger partial charge is 0.226 e. The largest absolute Gasteiger partial charge is 0.325 e. The Balaban J connectivity index is 1.77. The van der Waals surface area contributed by atoms with Crippen LogP contribution in [0.3, 0.4) is 0 Å². The summed E-state index contributed by atoms with van der Waals surface area (Å²) in [5, 5.41) is 3.42. The molecule has 1 amide bonds. The normalized spacial score (nSPS) is 17.8. The van der Waals surface area contributed by atoms with Gasteiger partial charge in [0.05, 0.1) is 20.9 Å². The summed E-state index contributed by atoms with van der Waals surface area (Å²) in [6.07, 6.45) is 5.58. The number of thiazole rings is 1. The van der Waals surface area contributed by atoms with Crippen LogP contribution in [-0.2, 0) is 4.79 Å². The van der Waals surface area contributed by atoms with Crippen LogP contribution in [0.2, 0.25) is 5.02 Å². The third-order valence-electron chi connectivity index (χ3n) is 4.08. The van der Waals surface area contributed by atoms with Crippen LogP contribution in [0.25, 0.3) is 10.2 Å². The molecule has 4 nitrogen and oxygen atoms in total. The molecule has 2 aromatic rings. The number of anilines is 1. The van der Waals surface area contributed by atoms with Crippen LogP contribution < -0.4 is 11.1 Å². The highest BCUT2D eigenvalue weighted by Crippen LogP contribution is 2.33. The highest BCUT2D eigenvalue weighted by atomic mass is 35.5. The summed E-state index contributed by atoms with van der Waals surface area (Å²) in [5.41, 5.74) is 9.06. The van der Waals surface area contributed by atoms with Gasteiger partial charge in [-0.1, -0.05) is 30.9 Å². The van der Waals surface area contributed by atoms with Gasteiger partial charge in [-0.05, 0) is 25.0 Å². The zero-order chi connectivity index (χ0) is 14.9. The fourth-order valence-electron chi connectivity index (χ4n) is 2.96. The first-order valence-electron chi connectivity index (χ1n) is 7.18. The maximum atomic E-state index is 12.3. The molecule has 0 spiro atoms. The molecule has 6 heteroatoms. The molecule has 1 aliphatic carbocycles. The molecule has 21 heavy (non-hydrogen) atoms. The Labute approximate surface area is 132 Å². The summed E-state index contributed by atoms with van der Waals surface area (Å²) >= 11 is 7.73. The second-order valence-corrected chi connectivity index (χ2v) is 7.06. The van der Waals surface area contributed by atoms with E-state index in [4.69, 9.17) is 17.3 Å². The summed E-state index contributed by atoms with van der Waals surface area (Å²) < 4.78 is 1.01. The zero-order valence-corrected chi connectivity index (χ0v) is 13.3. The van der Waals surface area contributed by atoms with Gasteiger partial charge in [0.15, 0.2) is 0 Å². The third-order valence-corrected chi connectivity index (χ3v) is 5.19. The number of halogens is 1. The van der Waals surface area contributed by atoms with E-state index in [1.54, 1.807) is 11.6 Å². The fraction of sp³-hybridized carbons (Fsp3) is 0.467. The van der Waals surface area contributed by atoms with Gasteiger partial charge < -0.3 is 11.1 Å². The Hall–Kier alpha value is -1.17. The van der Waals surface area contributed by atoms with Gasteiger partial charge in [-0.2, -0.15) is 0 Å². The molecule has 0 saturated heterocycles. The Bertz CT molecular complexity index is 664. The number of nitrogens with one attached hydrogen (secondary N) is 1. The fourth-order valence-corrected chi connectivity index (χ4v) is 3.85. The van der Waals surface area contributed by atoms with E-state index in [1.807, 2.05) is 6.07 Å². The van der Waals surface area contributed by atoms with Gasteiger partial charge in [-0.15, -0.1) is 11.3 Å². The summed E-state index contributed by atoms with van der Waals surface area (Å²) in [5.74, 6) is -0.0817. The van der Waals surface area contributed by atoms with Crippen molar-refractivity contribution in [1.29, 1.82) is 0 Å².